The Morgan fingerprint density at radius 3 is 2.88 bits per heavy atom. The fraction of sp³-hybridized carbons (Fsp3) is 0.375. The number of rotatable bonds is 6. The lowest BCUT2D eigenvalue weighted by Gasteiger charge is -2.07. The number of amides is 1. The van der Waals surface area contributed by atoms with Crippen LogP contribution in [0.3, 0.4) is 0 Å². The molecule has 0 bridgehead atoms. The quantitative estimate of drug-likeness (QED) is 0.743. The maximum atomic E-state index is 12.0. The SMILES string of the molecule is Cc1ccccc1OCC(=O)Nc1nn2c(CC(C)C)nnc2s1. The minimum Gasteiger partial charge on any atom is -0.483 e. The summed E-state index contributed by atoms with van der Waals surface area (Å²) in [6, 6.07) is 7.58. The van der Waals surface area contributed by atoms with Crippen molar-refractivity contribution in [3.63, 3.8) is 0 Å². The van der Waals surface area contributed by atoms with Crippen LogP contribution in [-0.2, 0) is 11.2 Å². The van der Waals surface area contributed by atoms with Gasteiger partial charge in [0.25, 0.3) is 5.91 Å². The van der Waals surface area contributed by atoms with Crippen molar-refractivity contribution in [3.05, 3.63) is 35.7 Å². The molecule has 0 aliphatic heterocycles. The van der Waals surface area contributed by atoms with E-state index in [9.17, 15) is 4.79 Å². The second-order valence-electron chi connectivity index (χ2n) is 5.92. The summed E-state index contributed by atoms with van der Waals surface area (Å²) in [5, 5.41) is 15.8. The topological polar surface area (TPSA) is 81.4 Å². The van der Waals surface area contributed by atoms with Gasteiger partial charge in [0.1, 0.15) is 5.75 Å². The molecule has 126 valence electrons. The first-order chi connectivity index (χ1) is 11.5. The van der Waals surface area contributed by atoms with Crippen LogP contribution in [0.25, 0.3) is 4.96 Å². The highest BCUT2D eigenvalue weighted by atomic mass is 32.1. The van der Waals surface area contributed by atoms with Gasteiger partial charge < -0.3 is 4.74 Å². The number of aromatic nitrogens is 4. The Labute approximate surface area is 143 Å². The summed E-state index contributed by atoms with van der Waals surface area (Å²) in [7, 11) is 0. The van der Waals surface area contributed by atoms with E-state index < -0.39 is 0 Å². The Morgan fingerprint density at radius 1 is 1.33 bits per heavy atom. The third-order valence-corrected chi connectivity index (χ3v) is 4.16. The van der Waals surface area contributed by atoms with E-state index in [1.807, 2.05) is 31.2 Å². The van der Waals surface area contributed by atoms with Gasteiger partial charge in [-0.05, 0) is 24.5 Å². The fourth-order valence-corrected chi connectivity index (χ4v) is 2.99. The normalized spacial score (nSPS) is 11.2. The number of ether oxygens (including phenoxy) is 1. The Morgan fingerprint density at radius 2 is 2.12 bits per heavy atom. The molecule has 1 N–H and O–H groups in total. The molecular formula is C16H19N5O2S. The smallest absolute Gasteiger partial charge is 0.264 e. The Kier molecular flexibility index (Phi) is 4.75. The highest BCUT2D eigenvalue weighted by molar-refractivity contribution is 7.20. The molecule has 7 nitrogen and oxygen atoms in total. The molecule has 1 amide bonds. The fourth-order valence-electron chi connectivity index (χ4n) is 2.22. The van der Waals surface area contributed by atoms with Gasteiger partial charge in [0, 0.05) is 6.42 Å². The third kappa shape index (κ3) is 3.70. The minimum absolute atomic E-state index is 0.0656. The molecule has 0 aliphatic rings. The van der Waals surface area contributed by atoms with Gasteiger partial charge in [0.2, 0.25) is 10.1 Å². The van der Waals surface area contributed by atoms with Crippen LogP contribution in [0.4, 0.5) is 5.13 Å². The molecule has 0 fully saturated rings. The Bertz CT molecular complexity index is 855. The van der Waals surface area contributed by atoms with E-state index in [-0.39, 0.29) is 12.5 Å². The molecule has 0 saturated heterocycles. The molecule has 0 atom stereocenters. The standard InChI is InChI=1S/C16H19N5O2S/c1-10(2)8-13-18-19-16-21(13)20-15(24-16)17-14(22)9-23-12-7-5-4-6-11(12)3/h4-7,10H,8-9H2,1-3H3,(H,17,20,22). The second-order valence-corrected chi connectivity index (χ2v) is 6.87. The maximum Gasteiger partial charge on any atom is 0.264 e. The number of carbonyl (C=O) groups is 1. The molecule has 3 aromatic rings. The van der Waals surface area contributed by atoms with E-state index in [1.54, 1.807) is 4.52 Å². The highest BCUT2D eigenvalue weighted by Gasteiger charge is 2.14. The van der Waals surface area contributed by atoms with Crippen LogP contribution in [0.15, 0.2) is 24.3 Å². The van der Waals surface area contributed by atoms with Crippen molar-refractivity contribution >= 4 is 27.3 Å². The number of fused-ring (bicyclic) bond motifs is 1. The van der Waals surface area contributed by atoms with E-state index in [2.05, 4.69) is 34.5 Å². The molecule has 0 radical (unpaired) electrons. The zero-order chi connectivity index (χ0) is 17.1. The number of hydrogen-bond acceptors (Lipinski definition) is 6. The van der Waals surface area contributed by atoms with Crippen LogP contribution in [0.5, 0.6) is 5.75 Å². The largest absolute Gasteiger partial charge is 0.483 e. The molecule has 1 aromatic carbocycles. The van der Waals surface area contributed by atoms with Gasteiger partial charge in [-0.3, -0.25) is 10.1 Å². The molecule has 2 heterocycles. The lowest BCUT2D eigenvalue weighted by molar-refractivity contribution is -0.118. The summed E-state index contributed by atoms with van der Waals surface area (Å²) in [6.45, 7) is 6.09. The summed E-state index contributed by atoms with van der Waals surface area (Å²) in [5.41, 5.74) is 0.988. The van der Waals surface area contributed by atoms with Gasteiger partial charge in [0.15, 0.2) is 12.4 Å². The van der Waals surface area contributed by atoms with E-state index >= 15 is 0 Å². The van der Waals surface area contributed by atoms with Crippen LogP contribution >= 0.6 is 11.3 Å². The highest BCUT2D eigenvalue weighted by Crippen LogP contribution is 2.20. The maximum absolute atomic E-state index is 12.0. The number of aryl methyl sites for hydroxylation is 1. The number of carbonyl (C=O) groups excluding carboxylic acids is 1. The van der Waals surface area contributed by atoms with Crippen LogP contribution in [0.2, 0.25) is 0 Å². The first-order valence-corrected chi connectivity index (χ1v) is 8.54. The van der Waals surface area contributed by atoms with Gasteiger partial charge >= 0.3 is 0 Å². The van der Waals surface area contributed by atoms with Crippen LogP contribution in [-0.4, -0.2) is 32.3 Å². The second kappa shape index (κ2) is 6.96. The summed E-state index contributed by atoms with van der Waals surface area (Å²) in [6.07, 6.45) is 0.786. The van der Waals surface area contributed by atoms with Crippen LogP contribution in [0.1, 0.15) is 25.2 Å². The molecule has 8 heteroatoms. The zero-order valence-corrected chi connectivity index (χ0v) is 14.6. The summed E-state index contributed by atoms with van der Waals surface area (Å²) < 4.78 is 7.22. The molecule has 0 spiro atoms. The van der Waals surface area contributed by atoms with Crippen molar-refractivity contribution < 1.29 is 9.53 Å². The number of nitrogens with zero attached hydrogens (tertiary/aromatic N) is 4. The van der Waals surface area contributed by atoms with Gasteiger partial charge in [-0.15, -0.1) is 15.3 Å². The number of para-hydroxylation sites is 1. The average Bonchev–Trinajstić information content (AvgIpc) is 3.07. The number of benzene rings is 1. The van der Waals surface area contributed by atoms with E-state index in [0.717, 1.165) is 17.8 Å². The van der Waals surface area contributed by atoms with Crippen molar-refractivity contribution in [1.29, 1.82) is 0 Å². The van der Waals surface area contributed by atoms with Crippen LogP contribution < -0.4 is 10.1 Å². The predicted molar refractivity (Wildman–Crippen MR) is 92.5 cm³/mol. The van der Waals surface area contributed by atoms with Gasteiger partial charge in [0.05, 0.1) is 0 Å². The van der Waals surface area contributed by atoms with Gasteiger partial charge in [-0.25, -0.2) is 0 Å². The predicted octanol–water partition coefficient (Wildman–Crippen LogP) is 2.71. The lowest BCUT2D eigenvalue weighted by atomic mass is 10.1. The van der Waals surface area contributed by atoms with Crippen molar-refractivity contribution in [3.8, 4) is 5.75 Å². The van der Waals surface area contributed by atoms with Gasteiger partial charge in [-0.1, -0.05) is 43.4 Å². The third-order valence-electron chi connectivity index (χ3n) is 3.34. The molecular weight excluding hydrogens is 326 g/mol. The molecule has 0 aliphatic carbocycles. The molecule has 24 heavy (non-hydrogen) atoms. The van der Waals surface area contributed by atoms with Crippen molar-refractivity contribution in [2.24, 2.45) is 5.92 Å². The lowest BCUT2D eigenvalue weighted by Crippen LogP contribution is -2.20. The first-order valence-electron chi connectivity index (χ1n) is 7.72. The summed E-state index contributed by atoms with van der Waals surface area (Å²) in [5.74, 6) is 1.70. The Balaban J connectivity index is 1.63. The Hall–Kier alpha value is -2.48. The zero-order valence-electron chi connectivity index (χ0n) is 13.8. The number of hydrogen-bond donors (Lipinski definition) is 1. The van der Waals surface area contributed by atoms with Crippen molar-refractivity contribution in [2.45, 2.75) is 27.2 Å². The minimum atomic E-state index is -0.256. The monoisotopic (exact) mass is 345 g/mol. The molecule has 0 saturated carbocycles. The van der Waals surface area contributed by atoms with Crippen molar-refractivity contribution in [2.75, 3.05) is 11.9 Å². The number of nitrogens with one attached hydrogen (secondary N) is 1. The van der Waals surface area contributed by atoms with Crippen molar-refractivity contribution in [1.82, 2.24) is 19.8 Å². The molecule has 0 unspecified atom stereocenters. The van der Waals surface area contributed by atoms with E-state index in [4.69, 9.17) is 4.74 Å². The number of anilines is 1. The first kappa shape index (κ1) is 16.4. The summed E-state index contributed by atoms with van der Waals surface area (Å²) in [4.78, 5) is 12.7. The molecule has 2 aromatic heterocycles. The van der Waals surface area contributed by atoms with E-state index in [0.29, 0.717) is 21.8 Å². The van der Waals surface area contributed by atoms with E-state index in [1.165, 1.54) is 11.3 Å². The van der Waals surface area contributed by atoms with Gasteiger partial charge in [-0.2, -0.15) is 4.52 Å². The van der Waals surface area contributed by atoms with Crippen LogP contribution in [0, 0.1) is 12.8 Å². The molecule has 3 rings (SSSR count). The summed E-state index contributed by atoms with van der Waals surface area (Å²) >= 11 is 1.29. The average molecular weight is 345 g/mol.